The van der Waals surface area contributed by atoms with E-state index >= 15 is 0 Å². The molecule has 1 heterocycles. The van der Waals surface area contributed by atoms with Gasteiger partial charge >= 0.3 is 6.03 Å². The first-order chi connectivity index (χ1) is 12.1. The summed E-state index contributed by atoms with van der Waals surface area (Å²) < 4.78 is 0. The van der Waals surface area contributed by atoms with Crippen LogP contribution in [0.2, 0.25) is 0 Å². The first kappa shape index (κ1) is 17.2. The van der Waals surface area contributed by atoms with Gasteiger partial charge in [-0.2, -0.15) is 0 Å². The van der Waals surface area contributed by atoms with Crippen molar-refractivity contribution in [1.82, 2.24) is 15.1 Å². The Hall–Kier alpha value is -2.66. The minimum Gasteiger partial charge on any atom is -0.315 e. The predicted molar refractivity (Wildman–Crippen MR) is 97.1 cm³/mol. The third-order valence-corrected chi connectivity index (χ3v) is 4.51. The van der Waals surface area contributed by atoms with Crippen LogP contribution in [0.25, 0.3) is 0 Å². The molecule has 1 aliphatic rings. The van der Waals surface area contributed by atoms with E-state index in [1.807, 2.05) is 79.7 Å². The summed E-state index contributed by atoms with van der Waals surface area (Å²) >= 11 is 0. The number of nitrogens with zero attached hydrogens (tertiary/aromatic N) is 2. The van der Waals surface area contributed by atoms with E-state index in [-0.39, 0.29) is 11.9 Å². The van der Waals surface area contributed by atoms with E-state index in [1.54, 1.807) is 0 Å². The molecule has 0 aromatic heterocycles. The molecule has 0 aliphatic carbocycles. The third-order valence-electron chi connectivity index (χ3n) is 4.51. The van der Waals surface area contributed by atoms with Crippen molar-refractivity contribution in [1.29, 1.82) is 0 Å². The molecule has 2 aromatic carbocycles. The zero-order valence-corrected chi connectivity index (χ0v) is 14.6. The zero-order valence-electron chi connectivity index (χ0n) is 14.6. The molecular weight excluding hydrogens is 314 g/mol. The summed E-state index contributed by atoms with van der Waals surface area (Å²) in [7, 11) is 3.95. The average molecular weight is 337 g/mol. The van der Waals surface area contributed by atoms with Crippen molar-refractivity contribution in [2.75, 3.05) is 27.2 Å². The number of carbonyl (C=O) groups excluding carboxylic acids is 2. The Morgan fingerprint density at radius 3 is 1.92 bits per heavy atom. The molecule has 0 atom stereocenters. The number of imide groups is 1. The summed E-state index contributed by atoms with van der Waals surface area (Å²) in [5, 5.41) is 2.96. The van der Waals surface area contributed by atoms with Crippen molar-refractivity contribution in [3.8, 4) is 0 Å². The molecule has 5 heteroatoms. The lowest BCUT2D eigenvalue weighted by Gasteiger charge is -2.28. The van der Waals surface area contributed by atoms with Crippen LogP contribution < -0.4 is 5.32 Å². The van der Waals surface area contributed by atoms with E-state index in [4.69, 9.17) is 0 Å². The lowest BCUT2D eigenvalue weighted by atomic mass is 9.82. The summed E-state index contributed by atoms with van der Waals surface area (Å²) in [6, 6.07) is 18.5. The maximum atomic E-state index is 13.3. The lowest BCUT2D eigenvalue weighted by molar-refractivity contribution is -0.130. The van der Waals surface area contributed by atoms with Gasteiger partial charge in [0.15, 0.2) is 5.54 Å². The fourth-order valence-corrected chi connectivity index (χ4v) is 3.26. The molecular formula is C20H23N3O2. The maximum Gasteiger partial charge on any atom is 0.325 e. The number of carbonyl (C=O) groups is 2. The van der Waals surface area contributed by atoms with Crippen LogP contribution in [0.4, 0.5) is 4.79 Å². The quantitative estimate of drug-likeness (QED) is 0.824. The van der Waals surface area contributed by atoms with Gasteiger partial charge in [-0.3, -0.25) is 9.69 Å². The summed E-state index contributed by atoms with van der Waals surface area (Å²) in [6.07, 6.45) is 0.742. The molecule has 1 N–H and O–H groups in total. The molecule has 5 nitrogen and oxygen atoms in total. The molecule has 0 saturated carbocycles. The van der Waals surface area contributed by atoms with E-state index in [0.29, 0.717) is 6.54 Å². The van der Waals surface area contributed by atoms with Crippen LogP contribution in [0, 0.1) is 0 Å². The van der Waals surface area contributed by atoms with Crippen LogP contribution in [0.15, 0.2) is 60.7 Å². The standard InChI is InChI=1S/C20H23N3O2/c1-22(2)14-9-15-23-18(24)20(21-19(23)25,16-10-5-3-6-11-16)17-12-7-4-8-13-17/h3-8,10-13H,9,14-15H2,1-2H3,(H,21,25). The number of rotatable bonds is 6. The Balaban J connectivity index is 1.99. The highest BCUT2D eigenvalue weighted by Crippen LogP contribution is 2.35. The van der Waals surface area contributed by atoms with Gasteiger partial charge in [0.25, 0.3) is 5.91 Å². The van der Waals surface area contributed by atoms with Crippen LogP contribution >= 0.6 is 0 Å². The van der Waals surface area contributed by atoms with Crippen molar-refractivity contribution < 1.29 is 9.59 Å². The summed E-state index contributed by atoms with van der Waals surface area (Å²) in [4.78, 5) is 29.3. The predicted octanol–water partition coefficient (Wildman–Crippen LogP) is 2.43. The normalized spacial score (nSPS) is 16.4. The number of urea groups is 1. The molecule has 0 spiro atoms. The Bertz CT molecular complexity index is 705. The molecule has 130 valence electrons. The molecule has 0 bridgehead atoms. The Morgan fingerprint density at radius 2 is 1.44 bits per heavy atom. The van der Waals surface area contributed by atoms with Gasteiger partial charge in [0.05, 0.1) is 0 Å². The fraction of sp³-hybridized carbons (Fsp3) is 0.300. The van der Waals surface area contributed by atoms with Gasteiger partial charge in [0.1, 0.15) is 0 Å². The van der Waals surface area contributed by atoms with Crippen LogP contribution in [0.3, 0.4) is 0 Å². The third kappa shape index (κ3) is 3.15. The van der Waals surface area contributed by atoms with E-state index in [2.05, 4.69) is 5.32 Å². The Morgan fingerprint density at radius 1 is 0.920 bits per heavy atom. The minimum absolute atomic E-state index is 0.214. The van der Waals surface area contributed by atoms with E-state index in [1.165, 1.54) is 4.90 Å². The van der Waals surface area contributed by atoms with Gasteiger partial charge in [-0.15, -0.1) is 0 Å². The number of hydrogen-bond donors (Lipinski definition) is 1. The first-order valence-corrected chi connectivity index (χ1v) is 8.45. The topological polar surface area (TPSA) is 52.6 Å². The second kappa shape index (κ2) is 7.07. The van der Waals surface area contributed by atoms with Crippen LogP contribution in [0.5, 0.6) is 0 Å². The Labute approximate surface area is 148 Å². The lowest BCUT2D eigenvalue weighted by Crippen LogP contribution is -2.45. The van der Waals surface area contributed by atoms with E-state index < -0.39 is 5.54 Å². The Kier molecular flexibility index (Phi) is 4.86. The summed E-state index contributed by atoms with van der Waals surface area (Å²) in [5.41, 5.74) is 0.391. The van der Waals surface area contributed by atoms with E-state index in [9.17, 15) is 9.59 Å². The van der Waals surface area contributed by atoms with E-state index in [0.717, 1.165) is 24.1 Å². The first-order valence-electron chi connectivity index (χ1n) is 8.45. The van der Waals surface area contributed by atoms with Crippen molar-refractivity contribution in [2.24, 2.45) is 0 Å². The van der Waals surface area contributed by atoms with Crippen LogP contribution in [0.1, 0.15) is 17.5 Å². The van der Waals surface area contributed by atoms with Crippen LogP contribution in [-0.2, 0) is 10.3 Å². The number of benzene rings is 2. The highest BCUT2D eigenvalue weighted by Gasteiger charge is 2.53. The highest BCUT2D eigenvalue weighted by molar-refractivity contribution is 6.09. The largest absolute Gasteiger partial charge is 0.325 e. The molecule has 1 aliphatic heterocycles. The molecule has 0 unspecified atom stereocenters. The smallest absolute Gasteiger partial charge is 0.315 e. The van der Waals surface area contributed by atoms with Crippen molar-refractivity contribution >= 4 is 11.9 Å². The summed E-state index contributed by atoms with van der Waals surface area (Å²) in [5.74, 6) is -0.214. The molecule has 1 saturated heterocycles. The molecule has 1 fully saturated rings. The molecule has 3 rings (SSSR count). The number of nitrogens with one attached hydrogen (secondary N) is 1. The van der Waals surface area contributed by atoms with Crippen molar-refractivity contribution in [3.05, 3.63) is 71.8 Å². The van der Waals surface area contributed by atoms with Crippen molar-refractivity contribution in [2.45, 2.75) is 12.0 Å². The zero-order chi connectivity index (χ0) is 17.9. The number of amides is 3. The second-order valence-corrected chi connectivity index (χ2v) is 6.53. The SMILES string of the molecule is CN(C)CCCN1C(=O)NC(c2ccccc2)(c2ccccc2)C1=O. The second-order valence-electron chi connectivity index (χ2n) is 6.53. The van der Waals surface area contributed by atoms with Gasteiger partial charge in [0, 0.05) is 6.54 Å². The number of hydrogen-bond acceptors (Lipinski definition) is 3. The van der Waals surface area contributed by atoms with Gasteiger partial charge in [-0.1, -0.05) is 60.7 Å². The van der Waals surface area contributed by atoms with Gasteiger partial charge < -0.3 is 10.2 Å². The summed E-state index contributed by atoms with van der Waals surface area (Å²) in [6.45, 7) is 1.23. The van der Waals surface area contributed by atoms with Gasteiger partial charge in [0.2, 0.25) is 0 Å². The van der Waals surface area contributed by atoms with Crippen molar-refractivity contribution in [3.63, 3.8) is 0 Å². The monoisotopic (exact) mass is 337 g/mol. The average Bonchev–Trinajstić information content (AvgIpc) is 2.88. The molecule has 0 radical (unpaired) electrons. The maximum absolute atomic E-state index is 13.3. The van der Waals surface area contributed by atoms with Crippen LogP contribution in [-0.4, -0.2) is 48.9 Å². The highest BCUT2D eigenvalue weighted by atomic mass is 16.2. The fourth-order valence-electron chi connectivity index (χ4n) is 3.26. The molecule has 2 aromatic rings. The molecule has 25 heavy (non-hydrogen) atoms. The molecule has 3 amide bonds. The van der Waals surface area contributed by atoms with Gasteiger partial charge in [-0.25, -0.2) is 4.79 Å². The minimum atomic E-state index is -1.16. The van der Waals surface area contributed by atoms with Gasteiger partial charge in [-0.05, 0) is 38.2 Å².